The lowest BCUT2D eigenvalue weighted by Crippen LogP contribution is -2.38. The van der Waals surface area contributed by atoms with E-state index in [0.717, 1.165) is 12.8 Å². The van der Waals surface area contributed by atoms with Crippen molar-refractivity contribution in [3.8, 4) is 0 Å². The Balaban J connectivity index is 2.31. The van der Waals surface area contributed by atoms with E-state index in [2.05, 4.69) is 0 Å². The molecule has 0 radical (unpaired) electrons. The lowest BCUT2D eigenvalue weighted by Gasteiger charge is -2.27. The number of carboxylic acids is 1. The molecule has 0 unspecified atom stereocenters. The summed E-state index contributed by atoms with van der Waals surface area (Å²) in [5.41, 5.74) is 0. The first kappa shape index (κ1) is 14.4. The van der Waals surface area contributed by atoms with Gasteiger partial charge in [-0.05, 0) is 12.8 Å². The Bertz CT molecular complexity index is 262. The summed E-state index contributed by atoms with van der Waals surface area (Å²) in [7, 11) is 1.85. The average molecular weight is 259 g/mol. The van der Waals surface area contributed by atoms with Crippen LogP contribution in [0.4, 0.5) is 0 Å². The molecule has 98 valence electrons. The van der Waals surface area contributed by atoms with Crippen LogP contribution in [0.15, 0.2) is 0 Å². The predicted molar refractivity (Wildman–Crippen MR) is 69.2 cm³/mol. The summed E-state index contributed by atoms with van der Waals surface area (Å²) in [6.45, 7) is 0. The van der Waals surface area contributed by atoms with Gasteiger partial charge in [0.15, 0.2) is 0 Å². The van der Waals surface area contributed by atoms with Gasteiger partial charge in [0.25, 0.3) is 0 Å². The van der Waals surface area contributed by atoms with Gasteiger partial charge in [0.2, 0.25) is 5.91 Å². The monoisotopic (exact) mass is 259 g/mol. The normalized spacial score (nSPS) is 17.5. The number of nitrogens with zero attached hydrogens (tertiary/aromatic N) is 1. The Morgan fingerprint density at radius 3 is 2.29 bits per heavy atom. The Hall–Kier alpha value is -0.710. The third kappa shape index (κ3) is 5.44. The van der Waals surface area contributed by atoms with Gasteiger partial charge >= 0.3 is 5.97 Å². The standard InChI is InChI=1S/C12H21NO3S/c1-13(10-6-4-2-3-5-7-10)11(14)8-17-9-12(15)16/h10H,2-9H2,1H3,(H,15,16). The maximum atomic E-state index is 11.8. The van der Waals surface area contributed by atoms with Crippen LogP contribution in [0.3, 0.4) is 0 Å². The quantitative estimate of drug-likeness (QED) is 0.767. The highest BCUT2D eigenvalue weighted by atomic mass is 32.2. The van der Waals surface area contributed by atoms with Crippen molar-refractivity contribution in [2.75, 3.05) is 18.6 Å². The van der Waals surface area contributed by atoms with Gasteiger partial charge in [-0.1, -0.05) is 25.7 Å². The second-order valence-corrected chi connectivity index (χ2v) is 5.52. The molecule has 1 amide bonds. The lowest BCUT2D eigenvalue weighted by molar-refractivity contribution is -0.133. The van der Waals surface area contributed by atoms with E-state index in [9.17, 15) is 9.59 Å². The van der Waals surface area contributed by atoms with Gasteiger partial charge in [0.05, 0.1) is 11.5 Å². The van der Waals surface area contributed by atoms with Crippen LogP contribution in [0.1, 0.15) is 38.5 Å². The number of carbonyl (C=O) groups is 2. The lowest BCUT2D eigenvalue weighted by atomic mass is 10.1. The fraction of sp³-hybridized carbons (Fsp3) is 0.833. The van der Waals surface area contributed by atoms with Gasteiger partial charge in [-0.15, -0.1) is 11.8 Å². The van der Waals surface area contributed by atoms with E-state index in [1.54, 1.807) is 0 Å². The van der Waals surface area contributed by atoms with Crippen molar-refractivity contribution in [3.63, 3.8) is 0 Å². The highest BCUT2D eigenvalue weighted by Gasteiger charge is 2.20. The van der Waals surface area contributed by atoms with Crippen LogP contribution in [0.25, 0.3) is 0 Å². The van der Waals surface area contributed by atoms with Crippen LogP contribution in [-0.2, 0) is 9.59 Å². The van der Waals surface area contributed by atoms with Gasteiger partial charge in [0, 0.05) is 13.1 Å². The number of rotatable bonds is 5. The van der Waals surface area contributed by atoms with Crippen LogP contribution >= 0.6 is 11.8 Å². The molecule has 0 atom stereocenters. The summed E-state index contributed by atoms with van der Waals surface area (Å²) >= 11 is 1.18. The third-order valence-electron chi connectivity index (χ3n) is 3.22. The smallest absolute Gasteiger partial charge is 0.313 e. The summed E-state index contributed by atoms with van der Waals surface area (Å²) in [5.74, 6) is -0.521. The van der Waals surface area contributed by atoms with E-state index in [1.165, 1.54) is 37.4 Å². The van der Waals surface area contributed by atoms with Crippen LogP contribution in [-0.4, -0.2) is 46.5 Å². The number of hydrogen-bond acceptors (Lipinski definition) is 3. The molecule has 1 fully saturated rings. The zero-order valence-electron chi connectivity index (χ0n) is 10.4. The summed E-state index contributed by atoms with van der Waals surface area (Å²) in [4.78, 5) is 24.0. The van der Waals surface area contributed by atoms with E-state index < -0.39 is 5.97 Å². The number of hydrogen-bond donors (Lipinski definition) is 1. The summed E-state index contributed by atoms with van der Waals surface area (Å²) in [6, 6.07) is 0.357. The molecule has 1 rings (SSSR count). The Morgan fingerprint density at radius 1 is 1.18 bits per heavy atom. The molecule has 5 heteroatoms. The summed E-state index contributed by atoms with van der Waals surface area (Å²) in [6.07, 6.45) is 7.12. The highest BCUT2D eigenvalue weighted by Crippen LogP contribution is 2.21. The number of carbonyl (C=O) groups excluding carboxylic acids is 1. The largest absolute Gasteiger partial charge is 0.481 e. The number of aliphatic carboxylic acids is 1. The first-order chi connectivity index (χ1) is 8.11. The summed E-state index contributed by atoms with van der Waals surface area (Å²) < 4.78 is 0. The molecule has 0 spiro atoms. The third-order valence-corrected chi connectivity index (χ3v) is 4.12. The van der Waals surface area contributed by atoms with Crippen molar-refractivity contribution in [2.45, 2.75) is 44.6 Å². The first-order valence-corrected chi connectivity index (χ1v) is 7.32. The molecule has 17 heavy (non-hydrogen) atoms. The number of thioether (sulfide) groups is 1. The molecule has 1 N–H and O–H groups in total. The molecule has 1 saturated carbocycles. The maximum absolute atomic E-state index is 11.8. The predicted octanol–water partition coefficient (Wildman–Crippen LogP) is 1.99. The van der Waals surface area contributed by atoms with Gasteiger partial charge in [-0.2, -0.15) is 0 Å². The number of amides is 1. The number of carboxylic acid groups (broad SMARTS) is 1. The molecule has 0 aromatic rings. The van der Waals surface area contributed by atoms with E-state index in [-0.39, 0.29) is 17.4 Å². The second kappa shape index (κ2) is 7.58. The van der Waals surface area contributed by atoms with Gasteiger partial charge in [0.1, 0.15) is 0 Å². The van der Waals surface area contributed by atoms with Gasteiger partial charge in [-0.3, -0.25) is 9.59 Å². The van der Waals surface area contributed by atoms with Crippen LogP contribution < -0.4 is 0 Å². The van der Waals surface area contributed by atoms with Crippen LogP contribution in [0, 0.1) is 0 Å². The first-order valence-electron chi connectivity index (χ1n) is 6.16. The average Bonchev–Trinajstić information content (AvgIpc) is 2.55. The van der Waals surface area contributed by atoms with E-state index in [0.29, 0.717) is 6.04 Å². The molecular formula is C12H21NO3S. The van der Waals surface area contributed by atoms with Crippen molar-refractivity contribution in [1.29, 1.82) is 0 Å². The Labute approximate surface area is 107 Å². The minimum absolute atomic E-state index is 0.00421. The molecule has 0 aromatic carbocycles. The molecular weight excluding hydrogens is 238 g/mol. The van der Waals surface area contributed by atoms with Crippen molar-refractivity contribution in [1.82, 2.24) is 4.90 Å². The SMILES string of the molecule is CN(C(=O)CSCC(=O)O)C1CCCCCC1. The maximum Gasteiger partial charge on any atom is 0.313 e. The van der Waals surface area contributed by atoms with Gasteiger partial charge < -0.3 is 10.0 Å². The van der Waals surface area contributed by atoms with Crippen LogP contribution in [0.2, 0.25) is 0 Å². The second-order valence-electron chi connectivity index (χ2n) is 4.54. The molecule has 0 aromatic heterocycles. The molecule has 0 aliphatic heterocycles. The minimum Gasteiger partial charge on any atom is -0.481 e. The van der Waals surface area contributed by atoms with Crippen molar-refractivity contribution in [3.05, 3.63) is 0 Å². The van der Waals surface area contributed by atoms with E-state index >= 15 is 0 Å². The Morgan fingerprint density at radius 2 is 1.76 bits per heavy atom. The summed E-state index contributed by atoms with van der Waals surface area (Å²) in [5, 5.41) is 8.51. The molecule has 1 aliphatic rings. The molecule has 4 nitrogen and oxygen atoms in total. The van der Waals surface area contributed by atoms with Crippen LogP contribution in [0.5, 0.6) is 0 Å². The van der Waals surface area contributed by atoms with E-state index in [1.807, 2.05) is 11.9 Å². The van der Waals surface area contributed by atoms with Crippen molar-refractivity contribution in [2.24, 2.45) is 0 Å². The zero-order chi connectivity index (χ0) is 12.7. The fourth-order valence-corrected chi connectivity index (χ4v) is 2.83. The highest BCUT2D eigenvalue weighted by molar-refractivity contribution is 8.00. The molecule has 0 saturated heterocycles. The van der Waals surface area contributed by atoms with Gasteiger partial charge in [-0.25, -0.2) is 0 Å². The topological polar surface area (TPSA) is 57.6 Å². The van der Waals surface area contributed by atoms with Crippen molar-refractivity contribution < 1.29 is 14.7 Å². The minimum atomic E-state index is -0.861. The fourth-order valence-electron chi connectivity index (χ4n) is 2.18. The zero-order valence-corrected chi connectivity index (χ0v) is 11.2. The van der Waals surface area contributed by atoms with E-state index in [4.69, 9.17) is 5.11 Å². The molecule has 1 aliphatic carbocycles. The van der Waals surface area contributed by atoms with Crippen molar-refractivity contribution >= 4 is 23.6 Å². The Kier molecular flexibility index (Phi) is 6.40. The molecule has 0 heterocycles. The molecule has 0 bridgehead atoms.